The van der Waals surface area contributed by atoms with Gasteiger partial charge in [-0.05, 0) is 61.5 Å². The number of rotatable bonds is 5. The molecule has 7 nitrogen and oxygen atoms in total. The van der Waals surface area contributed by atoms with Crippen LogP contribution in [0.2, 0.25) is 0 Å². The molecule has 1 aromatic carbocycles. The maximum absolute atomic E-state index is 12.9. The zero-order chi connectivity index (χ0) is 22.2. The number of aromatic nitrogens is 1. The molecule has 4 rings (SSSR count). The molecular formula is C23H28N4O3S. The number of benzene rings is 1. The van der Waals surface area contributed by atoms with Gasteiger partial charge in [0.2, 0.25) is 0 Å². The van der Waals surface area contributed by atoms with Crippen LogP contribution in [-0.4, -0.2) is 61.3 Å². The summed E-state index contributed by atoms with van der Waals surface area (Å²) in [4.78, 5) is 21.3. The number of likely N-dealkylation sites (tertiary alicyclic amines) is 1. The molecule has 1 N–H and O–H groups in total. The fourth-order valence-electron chi connectivity index (χ4n) is 4.35. The Morgan fingerprint density at radius 2 is 1.84 bits per heavy atom. The van der Waals surface area contributed by atoms with Crippen LogP contribution in [0.4, 0.5) is 5.69 Å². The Hall–Kier alpha value is -2.97. The van der Waals surface area contributed by atoms with Crippen molar-refractivity contribution in [2.75, 3.05) is 24.9 Å². The van der Waals surface area contributed by atoms with E-state index in [1.165, 1.54) is 12.3 Å². The average Bonchev–Trinajstić information content (AvgIpc) is 2.95. The Balaban J connectivity index is 0.00000289. The minimum Gasteiger partial charge on any atom is -0.336 e. The van der Waals surface area contributed by atoms with Crippen molar-refractivity contribution >= 4 is 33.1 Å². The number of sulfonamides is 1. The van der Waals surface area contributed by atoms with Gasteiger partial charge in [-0.1, -0.05) is 19.2 Å². The molecule has 1 aromatic heterocycles. The number of hydrogen-bond donors (Lipinski definition) is 1. The fourth-order valence-corrected chi connectivity index (χ4v) is 5.56. The van der Waals surface area contributed by atoms with Gasteiger partial charge in [0.05, 0.1) is 5.35 Å². The highest BCUT2D eigenvalue weighted by Crippen LogP contribution is 2.29. The van der Waals surface area contributed by atoms with Crippen LogP contribution in [0.15, 0.2) is 55.3 Å². The number of fused-ring (bicyclic) bond motifs is 2. The Bertz CT molecular complexity index is 1220. The van der Waals surface area contributed by atoms with Crippen molar-refractivity contribution in [2.45, 2.75) is 24.9 Å². The number of likely N-dealkylation sites (N-methyl/N-ethyl adjacent to an activating group) is 1. The molecule has 2 bridgehead atoms. The summed E-state index contributed by atoms with van der Waals surface area (Å²) in [5.41, 5.74) is 0.903. The Labute approximate surface area is 183 Å². The van der Waals surface area contributed by atoms with Crippen LogP contribution in [0.25, 0.3) is 11.5 Å². The molecule has 3 heterocycles. The summed E-state index contributed by atoms with van der Waals surface area (Å²) in [6, 6.07) is 10.7. The standard InChI is InChI=1S/C23H26N4O3S.H2/c1-4-21(22-16(2)6-5-13-24-22)31(29,30)25-18-9-7-17(8-10-18)23(28)27-14-19-11-12-20(15-27)26(19)3;/h4-10,13,19-20,25H,1-2,11-12,14-15H2,3H3;1H/b22-21-;. The number of nitrogens with one attached hydrogen (secondary N) is 1. The van der Waals surface area contributed by atoms with Crippen molar-refractivity contribution in [3.63, 3.8) is 0 Å². The summed E-state index contributed by atoms with van der Waals surface area (Å²) in [6.07, 6.45) is 5.00. The van der Waals surface area contributed by atoms with E-state index in [0.29, 0.717) is 28.6 Å². The molecule has 31 heavy (non-hydrogen) atoms. The third kappa shape index (κ3) is 4.13. The highest BCUT2D eigenvalue weighted by atomic mass is 32.2. The van der Waals surface area contributed by atoms with Gasteiger partial charge in [-0.25, -0.2) is 8.42 Å². The van der Waals surface area contributed by atoms with E-state index >= 15 is 0 Å². The Morgan fingerprint density at radius 1 is 1.19 bits per heavy atom. The second kappa shape index (κ2) is 8.28. The largest absolute Gasteiger partial charge is 0.336 e. The first-order chi connectivity index (χ1) is 14.8. The second-order valence-corrected chi connectivity index (χ2v) is 9.67. The molecule has 1 amide bonds. The minimum atomic E-state index is -3.92. The summed E-state index contributed by atoms with van der Waals surface area (Å²) < 4.78 is 28.3. The predicted molar refractivity (Wildman–Crippen MR) is 124 cm³/mol. The van der Waals surface area contributed by atoms with Crippen molar-refractivity contribution in [1.82, 2.24) is 14.8 Å². The maximum atomic E-state index is 12.9. The van der Waals surface area contributed by atoms with E-state index in [1.807, 2.05) is 4.90 Å². The zero-order valence-electron chi connectivity index (χ0n) is 17.5. The van der Waals surface area contributed by atoms with Crippen LogP contribution in [0.3, 0.4) is 0 Å². The number of amides is 1. The van der Waals surface area contributed by atoms with Crippen LogP contribution in [0.1, 0.15) is 24.6 Å². The van der Waals surface area contributed by atoms with E-state index < -0.39 is 10.0 Å². The minimum absolute atomic E-state index is 0. The molecule has 0 aliphatic carbocycles. The lowest BCUT2D eigenvalue weighted by Crippen LogP contribution is -2.53. The van der Waals surface area contributed by atoms with Gasteiger partial charge >= 0.3 is 0 Å². The van der Waals surface area contributed by atoms with Gasteiger partial charge in [0, 0.05) is 44.0 Å². The second-order valence-electron chi connectivity index (χ2n) is 8.02. The molecule has 164 valence electrons. The van der Waals surface area contributed by atoms with Crippen molar-refractivity contribution < 1.29 is 14.6 Å². The van der Waals surface area contributed by atoms with Crippen molar-refractivity contribution in [3.05, 3.63) is 71.4 Å². The molecule has 2 unspecified atom stereocenters. The fraction of sp³-hybridized carbons (Fsp3) is 0.304. The number of carbonyl (C=O) groups excluding carboxylic acids is 1. The highest BCUT2D eigenvalue weighted by Gasteiger charge is 2.39. The Kier molecular flexibility index (Phi) is 5.68. The highest BCUT2D eigenvalue weighted by molar-refractivity contribution is 8.01. The normalized spacial score (nSPS) is 22.2. The SMILES string of the molecule is C=C/C(=c1/ncccc1=C)S(=O)(=O)Nc1ccc(C(=O)N2CC3CCC(C2)N3C)cc1.[HH]. The summed E-state index contributed by atoms with van der Waals surface area (Å²) >= 11 is 0. The van der Waals surface area contributed by atoms with Crippen LogP contribution in [0.5, 0.6) is 0 Å². The van der Waals surface area contributed by atoms with Gasteiger partial charge in [-0.3, -0.25) is 19.4 Å². The van der Waals surface area contributed by atoms with Crippen LogP contribution < -0.4 is 15.3 Å². The first-order valence-electron chi connectivity index (χ1n) is 10.2. The summed E-state index contributed by atoms with van der Waals surface area (Å²) in [5.74, 6) is -0.0204. The molecule has 2 aliphatic rings. The van der Waals surface area contributed by atoms with E-state index in [9.17, 15) is 13.2 Å². The molecule has 2 fully saturated rings. The lowest BCUT2D eigenvalue weighted by Gasteiger charge is -2.38. The van der Waals surface area contributed by atoms with E-state index in [2.05, 4.69) is 34.8 Å². The lowest BCUT2D eigenvalue weighted by atomic mass is 10.1. The number of pyridine rings is 1. The molecule has 0 radical (unpaired) electrons. The first kappa shape index (κ1) is 21.3. The molecule has 2 aromatic rings. The molecular weight excluding hydrogens is 412 g/mol. The average molecular weight is 441 g/mol. The van der Waals surface area contributed by atoms with Gasteiger partial charge in [-0.2, -0.15) is 0 Å². The smallest absolute Gasteiger partial charge is 0.264 e. The van der Waals surface area contributed by atoms with E-state index in [4.69, 9.17) is 0 Å². The predicted octanol–water partition coefficient (Wildman–Crippen LogP) is 1.39. The van der Waals surface area contributed by atoms with Gasteiger partial charge in [0.1, 0.15) is 4.91 Å². The molecule has 2 atom stereocenters. The first-order valence-corrected chi connectivity index (χ1v) is 11.7. The number of piperazine rings is 1. The summed E-state index contributed by atoms with van der Waals surface area (Å²) in [6.45, 7) is 8.92. The van der Waals surface area contributed by atoms with E-state index in [0.717, 1.165) is 25.9 Å². The molecule has 0 spiro atoms. The number of hydrogen-bond acceptors (Lipinski definition) is 5. The van der Waals surface area contributed by atoms with Crippen molar-refractivity contribution in [1.29, 1.82) is 0 Å². The number of anilines is 1. The molecule has 2 aliphatic heterocycles. The van der Waals surface area contributed by atoms with E-state index in [1.54, 1.807) is 36.4 Å². The Morgan fingerprint density at radius 3 is 2.42 bits per heavy atom. The molecule has 8 heteroatoms. The quantitative estimate of drug-likeness (QED) is 0.760. The summed E-state index contributed by atoms with van der Waals surface area (Å²) in [5, 5.41) is 0.742. The monoisotopic (exact) mass is 440 g/mol. The maximum Gasteiger partial charge on any atom is 0.264 e. The molecule has 0 saturated carbocycles. The summed E-state index contributed by atoms with van der Waals surface area (Å²) in [7, 11) is -1.79. The van der Waals surface area contributed by atoms with Crippen molar-refractivity contribution in [3.8, 4) is 0 Å². The third-order valence-electron chi connectivity index (χ3n) is 6.12. The van der Waals surface area contributed by atoms with Gasteiger partial charge in [-0.15, -0.1) is 0 Å². The van der Waals surface area contributed by atoms with Gasteiger partial charge in [0.15, 0.2) is 0 Å². The molecule has 2 saturated heterocycles. The number of nitrogens with zero attached hydrogens (tertiary/aromatic N) is 3. The van der Waals surface area contributed by atoms with Gasteiger partial charge in [0.25, 0.3) is 15.9 Å². The van der Waals surface area contributed by atoms with Crippen LogP contribution >= 0.6 is 0 Å². The van der Waals surface area contributed by atoms with Crippen molar-refractivity contribution in [2.24, 2.45) is 0 Å². The van der Waals surface area contributed by atoms with E-state index in [-0.39, 0.29) is 17.6 Å². The lowest BCUT2D eigenvalue weighted by molar-refractivity contribution is 0.0524. The van der Waals surface area contributed by atoms with Gasteiger partial charge < -0.3 is 4.90 Å². The topological polar surface area (TPSA) is 82.6 Å². The zero-order valence-corrected chi connectivity index (χ0v) is 18.3. The third-order valence-corrected chi connectivity index (χ3v) is 7.56. The number of carbonyl (C=O) groups is 1. The van der Waals surface area contributed by atoms with Crippen LogP contribution in [-0.2, 0) is 10.0 Å². The van der Waals surface area contributed by atoms with Crippen LogP contribution in [0, 0.1) is 0 Å².